The van der Waals surface area contributed by atoms with Gasteiger partial charge < -0.3 is 5.11 Å². The van der Waals surface area contributed by atoms with Gasteiger partial charge in [-0.2, -0.15) is 0 Å². The van der Waals surface area contributed by atoms with Crippen LogP contribution >= 0.6 is 0 Å². The Balaban J connectivity index is 2.42. The lowest BCUT2D eigenvalue weighted by Crippen LogP contribution is -2.17. The minimum absolute atomic E-state index is 0.406. The summed E-state index contributed by atoms with van der Waals surface area (Å²) in [7, 11) is 0. The van der Waals surface area contributed by atoms with E-state index >= 15 is 0 Å². The highest BCUT2D eigenvalue weighted by molar-refractivity contribution is 4.78. The van der Waals surface area contributed by atoms with Crippen LogP contribution in [0, 0.1) is 17.8 Å². The van der Waals surface area contributed by atoms with Gasteiger partial charge in [0.15, 0.2) is 0 Å². The van der Waals surface area contributed by atoms with Crippen molar-refractivity contribution in [2.45, 2.75) is 33.1 Å². The quantitative estimate of drug-likeness (QED) is 0.625. The number of aliphatic hydroxyl groups is 1. The fourth-order valence-corrected chi connectivity index (χ4v) is 2.17. The molecule has 0 aromatic heterocycles. The van der Waals surface area contributed by atoms with Crippen LogP contribution in [-0.2, 0) is 0 Å². The van der Waals surface area contributed by atoms with Crippen molar-refractivity contribution in [1.82, 2.24) is 0 Å². The van der Waals surface area contributed by atoms with E-state index in [2.05, 4.69) is 13.8 Å². The van der Waals surface area contributed by atoms with Crippen molar-refractivity contribution in [3.05, 3.63) is 0 Å². The van der Waals surface area contributed by atoms with E-state index in [4.69, 9.17) is 5.11 Å². The van der Waals surface area contributed by atoms with Gasteiger partial charge in [-0.3, -0.25) is 0 Å². The predicted molar refractivity (Wildman–Crippen MR) is 42.8 cm³/mol. The van der Waals surface area contributed by atoms with E-state index in [9.17, 15) is 0 Å². The lowest BCUT2D eigenvalue weighted by atomic mass is 9.87. The van der Waals surface area contributed by atoms with Crippen LogP contribution < -0.4 is 0 Å². The number of hydrogen-bond donors (Lipinski definition) is 1. The van der Waals surface area contributed by atoms with Gasteiger partial charge in [-0.1, -0.05) is 20.3 Å². The molecule has 1 N–H and O–H groups in total. The van der Waals surface area contributed by atoms with Crippen LogP contribution in [0.25, 0.3) is 0 Å². The summed E-state index contributed by atoms with van der Waals surface area (Å²) >= 11 is 0. The Morgan fingerprint density at radius 2 is 2.10 bits per heavy atom. The molecule has 0 saturated heterocycles. The van der Waals surface area contributed by atoms with Gasteiger partial charge >= 0.3 is 0 Å². The molecule has 0 radical (unpaired) electrons. The third-order valence-corrected chi connectivity index (χ3v) is 2.81. The third kappa shape index (κ3) is 1.51. The SMILES string of the molecule is CC(C)[C@H]1CCC[C@@H]1CO. The van der Waals surface area contributed by atoms with Gasteiger partial charge in [0, 0.05) is 6.61 Å². The Labute approximate surface area is 63.4 Å². The van der Waals surface area contributed by atoms with Gasteiger partial charge in [-0.05, 0) is 30.6 Å². The van der Waals surface area contributed by atoms with Crippen LogP contribution in [0.3, 0.4) is 0 Å². The molecule has 1 aliphatic rings. The lowest BCUT2D eigenvalue weighted by Gasteiger charge is -2.20. The smallest absolute Gasteiger partial charge is 0.0462 e. The number of hydrogen-bond acceptors (Lipinski definition) is 1. The average molecular weight is 142 g/mol. The van der Waals surface area contributed by atoms with Crippen LogP contribution in [-0.4, -0.2) is 11.7 Å². The van der Waals surface area contributed by atoms with Crippen molar-refractivity contribution < 1.29 is 5.11 Å². The summed E-state index contributed by atoms with van der Waals surface area (Å²) in [5, 5.41) is 8.99. The van der Waals surface area contributed by atoms with Crippen LogP contribution in [0.2, 0.25) is 0 Å². The average Bonchev–Trinajstić information content (AvgIpc) is 2.33. The van der Waals surface area contributed by atoms with Gasteiger partial charge in [-0.15, -0.1) is 0 Å². The fraction of sp³-hybridized carbons (Fsp3) is 1.00. The molecule has 1 aliphatic carbocycles. The number of aliphatic hydroxyl groups excluding tert-OH is 1. The summed E-state index contributed by atoms with van der Waals surface area (Å²) < 4.78 is 0. The molecule has 60 valence electrons. The highest BCUT2D eigenvalue weighted by Gasteiger charge is 2.28. The maximum Gasteiger partial charge on any atom is 0.0462 e. The molecule has 1 rings (SSSR count). The monoisotopic (exact) mass is 142 g/mol. The topological polar surface area (TPSA) is 20.2 Å². The van der Waals surface area contributed by atoms with Crippen molar-refractivity contribution in [3.63, 3.8) is 0 Å². The maximum absolute atomic E-state index is 8.99. The molecule has 0 unspecified atom stereocenters. The summed E-state index contributed by atoms with van der Waals surface area (Å²) in [6.07, 6.45) is 3.91. The van der Waals surface area contributed by atoms with Crippen LogP contribution in [0.4, 0.5) is 0 Å². The van der Waals surface area contributed by atoms with Gasteiger partial charge in [-0.25, -0.2) is 0 Å². The first-order valence-electron chi connectivity index (χ1n) is 4.36. The van der Waals surface area contributed by atoms with E-state index in [0.717, 1.165) is 11.8 Å². The molecule has 0 aromatic carbocycles. The molecule has 0 amide bonds. The Morgan fingerprint density at radius 1 is 1.40 bits per heavy atom. The highest BCUT2D eigenvalue weighted by Crippen LogP contribution is 2.36. The van der Waals surface area contributed by atoms with E-state index < -0.39 is 0 Å². The van der Waals surface area contributed by atoms with Crippen molar-refractivity contribution in [2.75, 3.05) is 6.61 Å². The van der Waals surface area contributed by atoms with Crippen LogP contribution in [0.15, 0.2) is 0 Å². The Kier molecular flexibility index (Phi) is 2.72. The second kappa shape index (κ2) is 3.38. The predicted octanol–water partition coefficient (Wildman–Crippen LogP) is 2.05. The van der Waals surface area contributed by atoms with E-state index in [-0.39, 0.29) is 0 Å². The first kappa shape index (κ1) is 8.06. The van der Waals surface area contributed by atoms with Crippen molar-refractivity contribution in [2.24, 2.45) is 17.8 Å². The maximum atomic E-state index is 8.99. The molecule has 0 heterocycles. The fourth-order valence-electron chi connectivity index (χ4n) is 2.17. The first-order valence-corrected chi connectivity index (χ1v) is 4.36. The van der Waals surface area contributed by atoms with Crippen molar-refractivity contribution in [3.8, 4) is 0 Å². The minimum atomic E-state index is 0.406. The molecule has 1 heteroatoms. The van der Waals surface area contributed by atoms with E-state index in [0.29, 0.717) is 12.5 Å². The molecule has 0 aliphatic heterocycles. The molecule has 0 bridgehead atoms. The summed E-state index contributed by atoms with van der Waals surface area (Å²) in [4.78, 5) is 0. The van der Waals surface area contributed by atoms with E-state index in [1.54, 1.807) is 0 Å². The summed E-state index contributed by atoms with van der Waals surface area (Å²) in [5.41, 5.74) is 0. The molecule has 1 fully saturated rings. The lowest BCUT2D eigenvalue weighted by molar-refractivity contribution is 0.170. The summed E-state index contributed by atoms with van der Waals surface area (Å²) in [5.74, 6) is 2.17. The Morgan fingerprint density at radius 3 is 2.50 bits per heavy atom. The standard InChI is InChI=1S/C9H18O/c1-7(2)9-5-3-4-8(9)6-10/h7-10H,3-6H2,1-2H3/t8-,9-/m1/s1. The van der Waals surface area contributed by atoms with Crippen molar-refractivity contribution in [1.29, 1.82) is 0 Å². The normalized spacial score (nSPS) is 33.6. The minimum Gasteiger partial charge on any atom is -0.396 e. The third-order valence-electron chi connectivity index (χ3n) is 2.81. The van der Waals surface area contributed by atoms with Crippen LogP contribution in [0.1, 0.15) is 33.1 Å². The summed E-state index contributed by atoms with van der Waals surface area (Å²) in [6.45, 7) is 4.93. The molecular formula is C9H18O. The number of rotatable bonds is 2. The zero-order valence-electron chi connectivity index (χ0n) is 7.01. The molecule has 0 spiro atoms. The van der Waals surface area contributed by atoms with Gasteiger partial charge in [0.1, 0.15) is 0 Å². The Hall–Kier alpha value is -0.0400. The molecular weight excluding hydrogens is 124 g/mol. The zero-order valence-corrected chi connectivity index (χ0v) is 7.01. The Bertz CT molecular complexity index is 98.9. The van der Waals surface area contributed by atoms with Gasteiger partial charge in [0.05, 0.1) is 0 Å². The second-order valence-corrected chi connectivity index (χ2v) is 3.78. The second-order valence-electron chi connectivity index (χ2n) is 3.78. The largest absolute Gasteiger partial charge is 0.396 e. The summed E-state index contributed by atoms with van der Waals surface area (Å²) in [6, 6.07) is 0. The zero-order chi connectivity index (χ0) is 7.56. The van der Waals surface area contributed by atoms with Crippen molar-refractivity contribution >= 4 is 0 Å². The van der Waals surface area contributed by atoms with Gasteiger partial charge in [0.2, 0.25) is 0 Å². The molecule has 10 heavy (non-hydrogen) atoms. The molecule has 1 nitrogen and oxygen atoms in total. The highest BCUT2D eigenvalue weighted by atomic mass is 16.3. The van der Waals surface area contributed by atoms with Crippen LogP contribution in [0.5, 0.6) is 0 Å². The molecule has 0 aromatic rings. The van der Waals surface area contributed by atoms with E-state index in [1.165, 1.54) is 19.3 Å². The molecule has 1 saturated carbocycles. The van der Waals surface area contributed by atoms with Gasteiger partial charge in [0.25, 0.3) is 0 Å². The molecule has 2 atom stereocenters. The first-order chi connectivity index (χ1) is 4.75. The van der Waals surface area contributed by atoms with E-state index in [1.807, 2.05) is 0 Å².